The molecule has 0 radical (unpaired) electrons. The van der Waals surface area contributed by atoms with Crippen molar-refractivity contribution in [3.63, 3.8) is 0 Å². The van der Waals surface area contributed by atoms with Gasteiger partial charge in [0.2, 0.25) is 10.0 Å². The van der Waals surface area contributed by atoms with Crippen molar-refractivity contribution in [2.24, 2.45) is 17.6 Å². The van der Waals surface area contributed by atoms with Crippen molar-refractivity contribution in [2.75, 3.05) is 0 Å². The van der Waals surface area contributed by atoms with Gasteiger partial charge in [-0.15, -0.1) is 0 Å². The molecule has 0 spiro atoms. The molecule has 0 bridgehead atoms. The number of hydrogen-bond acceptors (Lipinski definition) is 3. The third-order valence-electron chi connectivity index (χ3n) is 4.96. The normalized spacial score (nSPS) is 29.7. The molecule has 0 amide bonds. The third-order valence-corrected chi connectivity index (χ3v) is 6.45. The highest BCUT2D eigenvalue weighted by Gasteiger charge is 2.40. The van der Waals surface area contributed by atoms with Gasteiger partial charge in [-0.05, 0) is 57.1 Å². The first-order chi connectivity index (χ1) is 10.1. The monoisotopic (exact) mass is 324 g/mol. The van der Waals surface area contributed by atoms with Gasteiger partial charge >= 0.3 is 0 Å². The highest BCUT2D eigenvalue weighted by molar-refractivity contribution is 7.89. The first kappa shape index (κ1) is 17.4. The summed E-state index contributed by atoms with van der Waals surface area (Å²) in [7, 11) is -3.53. The van der Waals surface area contributed by atoms with E-state index in [4.69, 9.17) is 5.73 Å². The van der Waals surface area contributed by atoms with E-state index in [2.05, 4.69) is 18.6 Å². The first-order valence-electron chi connectivity index (χ1n) is 8.00. The van der Waals surface area contributed by atoms with E-state index >= 15 is 0 Å². The lowest BCUT2D eigenvalue weighted by molar-refractivity contribution is 0.169. The molecule has 4 nitrogen and oxygen atoms in total. The van der Waals surface area contributed by atoms with E-state index in [-0.39, 0.29) is 6.04 Å². The average molecular weight is 324 g/mol. The molecule has 3 N–H and O–H groups in total. The SMILES string of the molecule is Cc1ccc(S(=O)(=O)N[C@@H]2C[C@H](C(C)C)CC[C@@]2(C)N)cc1. The summed E-state index contributed by atoms with van der Waals surface area (Å²) < 4.78 is 28.1. The van der Waals surface area contributed by atoms with Crippen LogP contribution in [0.25, 0.3) is 0 Å². The Bertz CT molecular complexity index is 606. The summed E-state index contributed by atoms with van der Waals surface area (Å²) in [6.45, 7) is 8.27. The van der Waals surface area contributed by atoms with Crippen molar-refractivity contribution in [3.05, 3.63) is 29.8 Å². The molecule has 5 heteroatoms. The predicted octanol–water partition coefficient (Wildman–Crippen LogP) is 2.82. The molecule has 0 aliphatic heterocycles. The maximum atomic E-state index is 12.6. The van der Waals surface area contributed by atoms with Gasteiger partial charge in [0.25, 0.3) is 0 Å². The molecule has 0 heterocycles. The van der Waals surface area contributed by atoms with Crippen LogP contribution in [0.5, 0.6) is 0 Å². The third kappa shape index (κ3) is 3.89. The van der Waals surface area contributed by atoms with Crippen LogP contribution in [0.1, 0.15) is 45.6 Å². The van der Waals surface area contributed by atoms with Crippen LogP contribution in [0, 0.1) is 18.8 Å². The molecule has 1 aromatic carbocycles. The zero-order valence-corrected chi connectivity index (χ0v) is 14.8. The molecule has 3 atom stereocenters. The Balaban J connectivity index is 2.20. The van der Waals surface area contributed by atoms with Crippen LogP contribution in [0.15, 0.2) is 29.2 Å². The van der Waals surface area contributed by atoms with Gasteiger partial charge in [0, 0.05) is 11.6 Å². The topological polar surface area (TPSA) is 72.2 Å². The van der Waals surface area contributed by atoms with Crippen molar-refractivity contribution in [2.45, 2.75) is 63.4 Å². The van der Waals surface area contributed by atoms with Gasteiger partial charge in [-0.3, -0.25) is 0 Å². The largest absolute Gasteiger partial charge is 0.324 e. The van der Waals surface area contributed by atoms with Gasteiger partial charge in [0.1, 0.15) is 0 Å². The summed E-state index contributed by atoms with van der Waals surface area (Å²) in [6, 6.07) is 6.70. The highest BCUT2D eigenvalue weighted by Crippen LogP contribution is 2.35. The standard InChI is InChI=1S/C17H28N2O2S/c1-12(2)14-9-10-17(4,18)16(11-14)19-22(20,21)15-7-5-13(3)6-8-15/h5-8,12,14,16,19H,9-11,18H2,1-4H3/t14-,16-,17-/m1/s1. The molecule has 1 aromatic rings. The van der Waals surface area contributed by atoms with E-state index in [0.717, 1.165) is 24.8 Å². The summed E-state index contributed by atoms with van der Waals surface area (Å²) >= 11 is 0. The number of nitrogens with two attached hydrogens (primary N) is 1. The molecule has 1 aliphatic rings. The maximum absolute atomic E-state index is 12.6. The van der Waals surface area contributed by atoms with Gasteiger partial charge < -0.3 is 5.73 Å². The van der Waals surface area contributed by atoms with Gasteiger partial charge in [0.15, 0.2) is 0 Å². The van der Waals surface area contributed by atoms with Crippen molar-refractivity contribution in [1.82, 2.24) is 4.72 Å². The van der Waals surface area contributed by atoms with E-state index < -0.39 is 15.6 Å². The minimum absolute atomic E-state index is 0.222. The lowest BCUT2D eigenvalue weighted by atomic mass is 9.71. The molecule has 2 rings (SSSR count). The van der Waals surface area contributed by atoms with Crippen LogP contribution in [-0.2, 0) is 10.0 Å². The van der Waals surface area contributed by atoms with Crippen LogP contribution in [0.3, 0.4) is 0 Å². The Morgan fingerprint density at radius 1 is 1.27 bits per heavy atom. The Hall–Kier alpha value is -0.910. The Morgan fingerprint density at radius 3 is 2.41 bits per heavy atom. The molecule has 1 fully saturated rings. The minimum atomic E-state index is -3.53. The summed E-state index contributed by atoms with van der Waals surface area (Å²) in [4.78, 5) is 0.306. The number of sulfonamides is 1. The van der Waals surface area contributed by atoms with E-state index in [9.17, 15) is 8.42 Å². The highest BCUT2D eigenvalue weighted by atomic mass is 32.2. The quantitative estimate of drug-likeness (QED) is 0.894. The number of benzene rings is 1. The lowest BCUT2D eigenvalue weighted by Gasteiger charge is -2.43. The number of hydrogen-bond donors (Lipinski definition) is 2. The fraction of sp³-hybridized carbons (Fsp3) is 0.647. The predicted molar refractivity (Wildman–Crippen MR) is 90.1 cm³/mol. The molecular formula is C17H28N2O2S. The fourth-order valence-electron chi connectivity index (χ4n) is 3.12. The zero-order chi connectivity index (χ0) is 16.5. The molecule has 1 saturated carbocycles. The Kier molecular flexibility index (Phi) is 5.00. The van der Waals surface area contributed by atoms with E-state index in [1.54, 1.807) is 12.1 Å². The van der Waals surface area contributed by atoms with Crippen LogP contribution in [0.4, 0.5) is 0 Å². The van der Waals surface area contributed by atoms with Gasteiger partial charge in [0.05, 0.1) is 4.90 Å². The second-order valence-electron chi connectivity index (χ2n) is 7.27. The van der Waals surface area contributed by atoms with E-state index in [1.165, 1.54) is 0 Å². The van der Waals surface area contributed by atoms with Crippen molar-refractivity contribution in [1.29, 1.82) is 0 Å². The molecule has 22 heavy (non-hydrogen) atoms. The van der Waals surface area contributed by atoms with Crippen LogP contribution >= 0.6 is 0 Å². The van der Waals surface area contributed by atoms with Crippen LogP contribution in [0.2, 0.25) is 0 Å². The summed E-state index contributed by atoms with van der Waals surface area (Å²) in [5.41, 5.74) is 6.91. The van der Waals surface area contributed by atoms with Crippen LogP contribution in [-0.4, -0.2) is 20.0 Å². The number of aryl methyl sites for hydroxylation is 1. The van der Waals surface area contributed by atoms with Gasteiger partial charge in [-0.25, -0.2) is 13.1 Å². The average Bonchev–Trinajstić information content (AvgIpc) is 2.41. The van der Waals surface area contributed by atoms with E-state index in [0.29, 0.717) is 16.7 Å². The van der Waals surface area contributed by atoms with Gasteiger partial charge in [-0.2, -0.15) is 0 Å². The molecule has 124 valence electrons. The smallest absolute Gasteiger partial charge is 0.240 e. The summed E-state index contributed by atoms with van der Waals surface area (Å²) in [6.07, 6.45) is 2.71. The Labute approximate surface area is 134 Å². The van der Waals surface area contributed by atoms with E-state index in [1.807, 2.05) is 26.0 Å². The first-order valence-corrected chi connectivity index (χ1v) is 9.48. The van der Waals surface area contributed by atoms with Crippen molar-refractivity contribution in [3.8, 4) is 0 Å². The molecular weight excluding hydrogens is 296 g/mol. The minimum Gasteiger partial charge on any atom is -0.324 e. The Morgan fingerprint density at radius 2 is 1.86 bits per heavy atom. The van der Waals surface area contributed by atoms with Crippen molar-refractivity contribution < 1.29 is 8.42 Å². The number of rotatable bonds is 4. The lowest BCUT2D eigenvalue weighted by Crippen LogP contribution is -2.59. The second-order valence-corrected chi connectivity index (χ2v) is 8.99. The molecule has 0 saturated heterocycles. The second kappa shape index (κ2) is 6.30. The fourth-order valence-corrected chi connectivity index (χ4v) is 4.49. The maximum Gasteiger partial charge on any atom is 0.240 e. The summed E-state index contributed by atoms with van der Waals surface area (Å²) in [5.74, 6) is 1.06. The number of nitrogens with one attached hydrogen (secondary N) is 1. The van der Waals surface area contributed by atoms with Gasteiger partial charge in [-0.1, -0.05) is 31.5 Å². The zero-order valence-electron chi connectivity index (χ0n) is 14.0. The van der Waals surface area contributed by atoms with Crippen LogP contribution < -0.4 is 10.5 Å². The summed E-state index contributed by atoms with van der Waals surface area (Å²) in [5, 5.41) is 0. The molecule has 0 unspecified atom stereocenters. The van der Waals surface area contributed by atoms with Crippen molar-refractivity contribution >= 4 is 10.0 Å². The molecule has 1 aliphatic carbocycles. The molecule has 0 aromatic heterocycles.